The van der Waals surface area contributed by atoms with Gasteiger partial charge in [0, 0.05) is 12.5 Å². The Morgan fingerprint density at radius 3 is 2.10 bits per heavy atom. The molecular formula is C23H24N2O5. The van der Waals surface area contributed by atoms with Crippen LogP contribution in [0.5, 0.6) is 0 Å². The number of nitrogens with zero attached hydrogens (tertiary/aromatic N) is 1. The Bertz CT molecular complexity index is 922. The Balaban J connectivity index is 1.51. The maximum Gasteiger partial charge on any atom is 0.326 e. The first-order chi connectivity index (χ1) is 14.4. The average Bonchev–Trinajstić information content (AvgIpc) is 2.99. The van der Waals surface area contributed by atoms with Crippen molar-refractivity contribution in [1.82, 2.24) is 10.2 Å². The van der Waals surface area contributed by atoms with Crippen LogP contribution in [0.2, 0.25) is 0 Å². The van der Waals surface area contributed by atoms with Crippen LogP contribution in [-0.4, -0.2) is 47.8 Å². The molecule has 2 aromatic rings. The lowest BCUT2D eigenvalue weighted by molar-refractivity contribution is -0.154. The lowest BCUT2D eigenvalue weighted by Gasteiger charge is -2.19. The SMILES string of the molecule is CC[C@H](CNC(=O)[C@H](C)OC(=O)CN1C(=O)c2ccccc2C1=O)c1ccccc1. The van der Waals surface area contributed by atoms with Gasteiger partial charge in [0.1, 0.15) is 6.54 Å². The molecule has 2 aromatic carbocycles. The molecule has 1 N–H and O–H groups in total. The first-order valence-corrected chi connectivity index (χ1v) is 9.89. The highest BCUT2D eigenvalue weighted by Gasteiger charge is 2.37. The molecule has 0 saturated carbocycles. The van der Waals surface area contributed by atoms with Gasteiger partial charge < -0.3 is 10.1 Å². The number of benzene rings is 2. The van der Waals surface area contributed by atoms with Gasteiger partial charge in [-0.3, -0.25) is 24.1 Å². The number of carbonyl (C=O) groups excluding carboxylic acids is 4. The molecule has 0 bridgehead atoms. The summed E-state index contributed by atoms with van der Waals surface area (Å²) in [6.45, 7) is 3.37. The Labute approximate surface area is 175 Å². The molecule has 1 heterocycles. The second kappa shape index (κ2) is 9.35. The number of fused-ring (bicyclic) bond motifs is 1. The fraction of sp³-hybridized carbons (Fsp3) is 0.304. The highest BCUT2D eigenvalue weighted by molar-refractivity contribution is 6.22. The molecule has 0 fully saturated rings. The molecule has 7 heteroatoms. The zero-order chi connectivity index (χ0) is 21.7. The van der Waals surface area contributed by atoms with E-state index < -0.39 is 36.3 Å². The molecule has 0 unspecified atom stereocenters. The van der Waals surface area contributed by atoms with Gasteiger partial charge >= 0.3 is 5.97 Å². The quantitative estimate of drug-likeness (QED) is 0.535. The summed E-state index contributed by atoms with van der Waals surface area (Å²) in [5.74, 6) is -2.18. The molecule has 30 heavy (non-hydrogen) atoms. The molecule has 2 atom stereocenters. The van der Waals surface area contributed by atoms with Crippen LogP contribution in [0, 0.1) is 0 Å². The van der Waals surface area contributed by atoms with E-state index in [2.05, 4.69) is 5.32 Å². The predicted octanol–water partition coefficient (Wildman–Crippen LogP) is 2.52. The fourth-order valence-electron chi connectivity index (χ4n) is 3.39. The normalized spacial score (nSPS) is 14.8. The predicted molar refractivity (Wildman–Crippen MR) is 110 cm³/mol. The van der Waals surface area contributed by atoms with Crippen LogP contribution in [0.4, 0.5) is 0 Å². The van der Waals surface area contributed by atoms with E-state index in [0.29, 0.717) is 6.54 Å². The number of imide groups is 1. The minimum Gasteiger partial charge on any atom is -0.451 e. The van der Waals surface area contributed by atoms with E-state index in [-0.39, 0.29) is 17.0 Å². The van der Waals surface area contributed by atoms with Gasteiger partial charge in [-0.05, 0) is 31.0 Å². The van der Waals surface area contributed by atoms with Crippen LogP contribution >= 0.6 is 0 Å². The van der Waals surface area contributed by atoms with Crippen LogP contribution < -0.4 is 5.32 Å². The Morgan fingerprint density at radius 2 is 1.53 bits per heavy atom. The lowest BCUT2D eigenvalue weighted by Crippen LogP contribution is -2.41. The zero-order valence-corrected chi connectivity index (χ0v) is 17.0. The zero-order valence-electron chi connectivity index (χ0n) is 17.0. The van der Waals surface area contributed by atoms with Crippen LogP contribution in [0.3, 0.4) is 0 Å². The molecule has 0 saturated heterocycles. The van der Waals surface area contributed by atoms with E-state index in [4.69, 9.17) is 4.74 Å². The van der Waals surface area contributed by atoms with Crippen molar-refractivity contribution in [1.29, 1.82) is 0 Å². The number of ether oxygens (including phenoxy) is 1. The molecule has 1 aliphatic rings. The summed E-state index contributed by atoms with van der Waals surface area (Å²) in [6, 6.07) is 16.2. The van der Waals surface area contributed by atoms with Crippen LogP contribution in [0.15, 0.2) is 54.6 Å². The molecule has 3 amide bonds. The van der Waals surface area contributed by atoms with Gasteiger partial charge in [0.05, 0.1) is 11.1 Å². The number of amides is 3. The molecule has 0 aromatic heterocycles. The van der Waals surface area contributed by atoms with Gasteiger partial charge in [-0.25, -0.2) is 0 Å². The third-order valence-electron chi connectivity index (χ3n) is 5.13. The van der Waals surface area contributed by atoms with Gasteiger partial charge in [0.25, 0.3) is 17.7 Å². The third-order valence-corrected chi connectivity index (χ3v) is 5.13. The second-order valence-corrected chi connectivity index (χ2v) is 7.14. The fourth-order valence-corrected chi connectivity index (χ4v) is 3.39. The van der Waals surface area contributed by atoms with Crippen LogP contribution in [0.1, 0.15) is 52.5 Å². The Kier molecular flexibility index (Phi) is 6.61. The topological polar surface area (TPSA) is 92.8 Å². The first-order valence-electron chi connectivity index (χ1n) is 9.89. The van der Waals surface area contributed by atoms with Gasteiger partial charge in [0.15, 0.2) is 6.10 Å². The Hall–Kier alpha value is -3.48. The summed E-state index contributed by atoms with van der Waals surface area (Å²) in [5.41, 5.74) is 1.63. The van der Waals surface area contributed by atoms with Crippen molar-refractivity contribution in [3.8, 4) is 0 Å². The first kappa shape index (κ1) is 21.2. The molecular weight excluding hydrogens is 384 g/mol. The number of rotatable bonds is 8. The smallest absolute Gasteiger partial charge is 0.326 e. The summed E-state index contributed by atoms with van der Waals surface area (Å²) >= 11 is 0. The highest BCUT2D eigenvalue weighted by Crippen LogP contribution is 2.22. The number of nitrogens with one attached hydrogen (secondary N) is 1. The van der Waals surface area contributed by atoms with Crippen molar-refractivity contribution in [3.05, 3.63) is 71.3 Å². The van der Waals surface area contributed by atoms with Crippen molar-refractivity contribution in [3.63, 3.8) is 0 Å². The average molecular weight is 408 g/mol. The van der Waals surface area contributed by atoms with E-state index in [9.17, 15) is 19.2 Å². The van der Waals surface area contributed by atoms with E-state index in [0.717, 1.165) is 16.9 Å². The van der Waals surface area contributed by atoms with Gasteiger partial charge in [-0.1, -0.05) is 49.4 Å². The maximum absolute atomic E-state index is 12.3. The molecule has 1 aliphatic heterocycles. The van der Waals surface area contributed by atoms with E-state index in [1.807, 2.05) is 37.3 Å². The number of esters is 1. The minimum absolute atomic E-state index is 0.149. The number of hydrogen-bond donors (Lipinski definition) is 1. The van der Waals surface area contributed by atoms with E-state index in [1.165, 1.54) is 19.1 Å². The maximum atomic E-state index is 12.3. The standard InChI is InChI=1S/C23H24N2O5/c1-3-16(17-9-5-4-6-10-17)13-24-21(27)15(2)30-20(26)14-25-22(28)18-11-7-8-12-19(18)23(25)29/h4-12,15-16H,3,13-14H2,1-2H3,(H,24,27)/t15-,16+/m0/s1. The van der Waals surface area contributed by atoms with Crippen molar-refractivity contribution >= 4 is 23.7 Å². The molecule has 156 valence electrons. The summed E-state index contributed by atoms with van der Waals surface area (Å²) < 4.78 is 5.14. The van der Waals surface area contributed by atoms with Crippen molar-refractivity contribution in [2.75, 3.05) is 13.1 Å². The number of hydrogen-bond acceptors (Lipinski definition) is 5. The highest BCUT2D eigenvalue weighted by atomic mass is 16.5. The van der Waals surface area contributed by atoms with Crippen LogP contribution in [0.25, 0.3) is 0 Å². The summed E-state index contributed by atoms with van der Waals surface area (Å²) in [7, 11) is 0. The molecule has 0 spiro atoms. The van der Waals surface area contributed by atoms with Crippen molar-refractivity contribution < 1.29 is 23.9 Å². The van der Waals surface area contributed by atoms with Crippen molar-refractivity contribution in [2.24, 2.45) is 0 Å². The monoisotopic (exact) mass is 408 g/mol. The largest absolute Gasteiger partial charge is 0.451 e. The number of carbonyl (C=O) groups is 4. The van der Waals surface area contributed by atoms with Gasteiger partial charge in [0.2, 0.25) is 0 Å². The van der Waals surface area contributed by atoms with Gasteiger partial charge in [-0.15, -0.1) is 0 Å². The van der Waals surface area contributed by atoms with E-state index in [1.54, 1.807) is 12.1 Å². The summed E-state index contributed by atoms with van der Waals surface area (Å²) in [4.78, 5) is 50.0. The van der Waals surface area contributed by atoms with Gasteiger partial charge in [-0.2, -0.15) is 0 Å². The molecule has 7 nitrogen and oxygen atoms in total. The van der Waals surface area contributed by atoms with E-state index >= 15 is 0 Å². The minimum atomic E-state index is -1.04. The third kappa shape index (κ3) is 4.56. The lowest BCUT2D eigenvalue weighted by atomic mass is 9.96. The Morgan fingerprint density at radius 1 is 0.967 bits per heavy atom. The second-order valence-electron chi connectivity index (χ2n) is 7.14. The molecule has 0 aliphatic carbocycles. The summed E-state index contributed by atoms with van der Waals surface area (Å²) in [5, 5.41) is 2.80. The molecule has 0 radical (unpaired) electrons. The summed E-state index contributed by atoms with van der Waals surface area (Å²) in [6.07, 6.45) is -0.195. The van der Waals surface area contributed by atoms with Crippen LogP contribution in [-0.2, 0) is 14.3 Å². The van der Waals surface area contributed by atoms with Crippen molar-refractivity contribution in [2.45, 2.75) is 32.3 Å². The molecule has 3 rings (SSSR count).